The molecule has 2 aliphatic heterocycles. The fourth-order valence-corrected chi connectivity index (χ4v) is 5.71. The number of aromatic nitrogens is 1. The number of halogens is 1. The maximum atomic E-state index is 14.1. The molecular formula is C23H29FN4O2. The van der Waals surface area contributed by atoms with E-state index in [1.807, 2.05) is 18.9 Å². The Kier molecular flexibility index (Phi) is 4.81. The maximum absolute atomic E-state index is 14.1. The number of carbonyl (C=O) groups is 2. The van der Waals surface area contributed by atoms with Crippen LogP contribution in [0, 0.1) is 18.7 Å². The number of fused-ring (bicyclic) bond motifs is 2. The molecule has 2 N–H and O–H groups in total. The van der Waals surface area contributed by atoms with Crippen molar-refractivity contribution in [3.8, 4) is 0 Å². The Morgan fingerprint density at radius 1 is 1.27 bits per heavy atom. The van der Waals surface area contributed by atoms with E-state index in [1.54, 1.807) is 12.1 Å². The second-order valence-electron chi connectivity index (χ2n) is 9.32. The molecule has 3 aliphatic rings. The number of rotatable bonds is 3. The first-order chi connectivity index (χ1) is 14.4. The monoisotopic (exact) mass is 412 g/mol. The number of nitrogens with zero attached hydrogens (tertiary/aromatic N) is 2. The second-order valence-corrected chi connectivity index (χ2v) is 9.32. The number of carbonyl (C=O) groups excluding carboxylic acids is 2. The van der Waals surface area contributed by atoms with E-state index >= 15 is 0 Å². The van der Waals surface area contributed by atoms with E-state index in [9.17, 15) is 14.0 Å². The molecule has 2 aromatic rings. The number of hydrogen-bond donors (Lipinski definition) is 2. The molecule has 0 bridgehead atoms. The number of hydrogen-bond acceptors (Lipinski definition) is 3. The molecule has 160 valence electrons. The minimum atomic E-state index is -0.313. The van der Waals surface area contributed by atoms with Gasteiger partial charge in [-0.2, -0.15) is 0 Å². The summed E-state index contributed by atoms with van der Waals surface area (Å²) < 4.78 is 14.1. The number of benzene rings is 1. The van der Waals surface area contributed by atoms with Crippen LogP contribution in [0.15, 0.2) is 18.2 Å². The molecule has 2 amide bonds. The van der Waals surface area contributed by atoms with Gasteiger partial charge in [0.25, 0.3) is 5.91 Å². The lowest BCUT2D eigenvalue weighted by Gasteiger charge is -2.36. The number of aromatic amines is 1. The van der Waals surface area contributed by atoms with Crippen LogP contribution in [-0.4, -0.2) is 64.9 Å². The Balaban J connectivity index is 1.24. The van der Waals surface area contributed by atoms with E-state index in [2.05, 4.69) is 15.2 Å². The Bertz CT molecular complexity index is 963. The lowest BCUT2D eigenvalue weighted by atomic mass is 9.90. The molecule has 6 nitrogen and oxygen atoms in total. The van der Waals surface area contributed by atoms with E-state index < -0.39 is 0 Å². The number of likely N-dealkylation sites (tertiary alicyclic amines) is 2. The molecule has 3 heterocycles. The minimum absolute atomic E-state index is 0.119. The van der Waals surface area contributed by atoms with Crippen molar-refractivity contribution in [1.82, 2.24) is 20.1 Å². The third kappa shape index (κ3) is 3.29. The van der Waals surface area contributed by atoms with Crippen molar-refractivity contribution in [2.45, 2.75) is 57.2 Å². The molecule has 0 unspecified atom stereocenters. The van der Waals surface area contributed by atoms with Gasteiger partial charge in [0.2, 0.25) is 5.91 Å². The smallest absolute Gasteiger partial charge is 0.267 e. The average Bonchev–Trinajstić information content (AvgIpc) is 3.41. The summed E-state index contributed by atoms with van der Waals surface area (Å²) in [4.78, 5) is 32.3. The third-order valence-corrected chi connectivity index (χ3v) is 7.45. The van der Waals surface area contributed by atoms with Crippen LogP contribution in [0.2, 0.25) is 0 Å². The first-order valence-corrected chi connectivity index (χ1v) is 11.0. The average molecular weight is 413 g/mol. The zero-order chi connectivity index (χ0) is 21.0. The van der Waals surface area contributed by atoms with E-state index in [1.165, 1.54) is 6.07 Å². The highest BCUT2D eigenvalue weighted by Gasteiger charge is 2.45. The largest absolute Gasteiger partial charge is 0.350 e. The summed E-state index contributed by atoms with van der Waals surface area (Å²) in [5, 5.41) is 3.63. The zero-order valence-corrected chi connectivity index (χ0v) is 17.6. The van der Waals surface area contributed by atoms with Crippen molar-refractivity contribution in [2.24, 2.45) is 5.92 Å². The van der Waals surface area contributed by atoms with Gasteiger partial charge >= 0.3 is 0 Å². The Hall–Kier alpha value is -2.41. The summed E-state index contributed by atoms with van der Waals surface area (Å²) in [6.07, 6.45) is 4.78. The number of H-pyrrole nitrogens is 1. The van der Waals surface area contributed by atoms with Crippen LogP contribution in [0.3, 0.4) is 0 Å². The second kappa shape index (κ2) is 7.38. The number of likely N-dealkylation sites (N-methyl/N-ethyl adjacent to an activating group) is 1. The molecule has 1 saturated carbocycles. The molecule has 3 fully saturated rings. The summed E-state index contributed by atoms with van der Waals surface area (Å²) in [6.45, 7) is 3.83. The maximum Gasteiger partial charge on any atom is 0.267 e. The molecule has 0 spiro atoms. The van der Waals surface area contributed by atoms with Crippen LogP contribution in [0.4, 0.5) is 4.39 Å². The molecule has 1 aromatic heterocycles. The highest BCUT2D eigenvalue weighted by molar-refractivity contribution is 5.99. The van der Waals surface area contributed by atoms with Crippen LogP contribution < -0.4 is 5.32 Å². The molecular weight excluding hydrogens is 383 g/mol. The molecule has 1 aliphatic carbocycles. The molecule has 4 atom stereocenters. The van der Waals surface area contributed by atoms with Gasteiger partial charge < -0.3 is 15.2 Å². The molecule has 30 heavy (non-hydrogen) atoms. The van der Waals surface area contributed by atoms with Crippen LogP contribution in [0.1, 0.15) is 48.2 Å². The molecule has 1 aromatic carbocycles. The fraction of sp³-hybridized carbons (Fsp3) is 0.565. The topological polar surface area (TPSA) is 68.4 Å². The summed E-state index contributed by atoms with van der Waals surface area (Å²) in [5.41, 5.74) is 2.02. The Morgan fingerprint density at radius 3 is 2.87 bits per heavy atom. The quantitative estimate of drug-likeness (QED) is 0.815. The highest BCUT2D eigenvalue weighted by atomic mass is 19.1. The van der Waals surface area contributed by atoms with E-state index in [-0.39, 0.29) is 23.7 Å². The Morgan fingerprint density at radius 2 is 2.10 bits per heavy atom. The van der Waals surface area contributed by atoms with Gasteiger partial charge in [-0.05, 0) is 50.3 Å². The standard InChI is InChI=1S/C23H29FN4O2/c1-13-6-7-18(24)17-10-19(26-22(13)17)23(30)25-15-4-3-5-16(9-15)28-11-14-8-21(29)27(2)20(14)12-28/h6-7,10,14-16,20,26H,3-5,8-9,11-12H2,1-2H3,(H,25,30)/t14-,15+,16+,20+/m0/s1. The van der Waals surface area contributed by atoms with Gasteiger partial charge in [0, 0.05) is 56.0 Å². The van der Waals surface area contributed by atoms with Crippen molar-refractivity contribution in [2.75, 3.05) is 20.1 Å². The van der Waals surface area contributed by atoms with E-state index in [0.29, 0.717) is 41.0 Å². The van der Waals surface area contributed by atoms with E-state index in [0.717, 1.165) is 44.3 Å². The van der Waals surface area contributed by atoms with Gasteiger partial charge in [-0.1, -0.05) is 6.07 Å². The summed E-state index contributed by atoms with van der Waals surface area (Å²) in [6, 6.07) is 5.68. The zero-order valence-electron chi connectivity index (χ0n) is 17.6. The van der Waals surface area contributed by atoms with Crippen LogP contribution in [0.5, 0.6) is 0 Å². The predicted molar refractivity (Wildman–Crippen MR) is 113 cm³/mol. The normalized spacial score (nSPS) is 29.6. The SMILES string of the molecule is Cc1ccc(F)c2cc(C(=O)N[C@@H]3CCC[C@@H](N4C[C@@H]5CC(=O)N(C)[C@@H]5C4)C3)[nH]c12. The van der Waals surface area contributed by atoms with Crippen molar-refractivity contribution in [1.29, 1.82) is 0 Å². The molecule has 5 rings (SSSR count). The fourth-order valence-electron chi connectivity index (χ4n) is 5.71. The lowest BCUT2D eigenvalue weighted by Crippen LogP contribution is -2.46. The summed E-state index contributed by atoms with van der Waals surface area (Å²) >= 11 is 0. The lowest BCUT2D eigenvalue weighted by molar-refractivity contribution is -0.128. The van der Waals surface area contributed by atoms with Gasteiger partial charge in [-0.3, -0.25) is 14.5 Å². The molecule has 0 radical (unpaired) electrons. The predicted octanol–water partition coefficient (Wildman–Crippen LogP) is 2.82. The van der Waals surface area contributed by atoms with Crippen molar-refractivity contribution in [3.05, 3.63) is 35.3 Å². The third-order valence-electron chi connectivity index (χ3n) is 7.45. The van der Waals surface area contributed by atoms with Gasteiger partial charge in [-0.15, -0.1) is 0 Å². The van der Waals surface area contributed by atoms with Crippen molar-refractivity contribution >= 4 is 22.7 Å². The Labute approximate surface area is 175 Å². The number of nitrogens with one attached hydrogen (secondary N) is 2. The minimum Gasteiger partial charge on any atom is -0.350 e. The van der Waals surface area contributed by atoms with E-state index in [4.69, 9.17) is 0 Å². The van der Waals surface area contributed by atoms with Gasteiger partial charge in [-0.25, -0.2) is 4.39 Å². The van der Waals surface area contributed by atoms with Gasteiger partial charge in [0.05, 0.1) is 5.52 Å². The van der Waals surface area contributed by atoms with Crippen LogP contribution in [-0.2, 0) is 4.79 Å². The van der Waals surface area contributed by atoms with Gasteiger partial charge in [0.1, 0.15) is 11.5 Å². The number of aryl methyl sites for hydroxylation is 1. The highest BCUT2D eigenvalue weighted by Crippen LogP contribution is 2.35. The first-order valence-electron chi connectivity index (χ1n) is 11.0. The molecule has 7 heteroatoms. The summed E-state index contributed by atoms with van der Waals surface area (Å²) in [5.74, 6) is 0.233. The van der Waals surface area contributed by atoms with Crippen molar-refractivity contribution in [3.63, 3.8) is 0 Å². The van der Waals surface area contributed by atoms with Gasteiger partial charge in [0.15, 0.2) is 0 Å². The van der Waals surface area contributed by atoms with Crippen molar-refractivity contribution < 1.29 is 14.0 Å². The summed E-state index contributed by atoms with van der Waals surface area (Å²) in [7, 11) is 1.92. The van der Waals surface area contributed by atoms with Crippen LogP contribution in [0.25, 0.3) is 10.9 Å². The van der Waals surface area contributed by atoms with Crippen LogP contribution >= 0.6 is 0 Å². The molecule has 2 saturated heterocycles. The number of amides is 2. The first kappa shape index (κ1) is 19.5.